The number of carbonyl (C=O) groups excluding carboxylic acids is 1. The van der Waals surface area contributed by atoms with Gasteiger partial charge in [-0.15, -0.1) is 11.8 Å². The molecule has 15 heavy (non-hydrogen) atoms. The Morgan fingerprint density at radius 2 is 2.27 bits per heavy atom. The molecule has 4 heteroatoms. The van der Waals surface area contributed by atoms with E-state index in [9.17, 15) is 4.79 Å². The molecule has 1 rings (SSSR count). The molecule has 3 unspecified atom stereocenters. The summed E-state index contributed by atoms with van der Waals surface area (Å²) in [6.45, 7) is 6.23. The summed E-state index contributed by atoms with van der Waals surface area (Å²) in [5.41, 5.74) is 0. The first kappa shape index (κ1) is 13.4. The Labute approximate surface area is 105 Å². The number of rotatable bonds is 4. The summed E-state index contributed by atoms with van der Waals surface area (Å²) in [4.78, 5) is 12.5. The summed E-state index contributed by atoms with van der Waals surface area (Å²) in [6, 6.07) is 0.255. The lowest BCUT2D eigenvalue weighted by molar-refractivity contribution is -0.123. The number of halogens is 1. The van der Waals surface area contributed by atoms with E-state index in [1.54, 1.807) is 11.8 Å². The van der Waals surface area contributed by atoms with Crippen LogP contribution in [0.2, 0.25) is 0 Å². The number of hydrogen-bond acceptors (Lipinski definition) is 2. The van der Waals surface area contributed by atoms with Crippen LogP contribution in [0, 0.1) is 0 Å². The van der Waals surface area contributed by atoms with Crippen molar-refractivity contribution in [2.75, 3.05) is 5.75 Å². The van der Waals surface area contributed by atoms with Gasteiger partial charge in [0.05, 0.1) is 4.75 Å². The minimum absolute atomic E-state index is 0.177. The van der Waals surface area contributed by atoms with Gasteiger partial charge in [-0.1, -0.05) is 22.9 Å². The summed E-state index contributed by atoms with van der Waals surface area (Å²) in [5, 5.41) is 3.10. The first-order chi connectivity index (χ1) is 6.94. The zero-order valence-electron chi connectivity index (χ0n) is 9.68. The second-order valence-corrected chi connectivity index (χ2v) is 7.73. The predicted octanol–water partition coefficient (Wildman–Crippen LogP) is 2.95. The van der Waals surface area contributed by atoms with Crippen molar-refractivity contribution < 1.29 is 4.79 Å². The van der Waals surface area contributed by atoms with Gasteiger partial charge in [-0.2, -0.15) is 0 Å². The van der Waals surface area contributed by atoms with Crippen LogP contribution in [0.4, 0.5) is 0 Å². The van der Waals surface area contributed by atoms with Crippen LogP contribution >= 0.6 is 27.7 Å². The third kappa shape index (κ3) is 3.99. The van der Waals surface area contributed by atoms with Crippen LogP contribution in [0.3, 0.4) is 0 Å². The first-order valence-electron chi connectivity index (χ1n) is 5.53. The predicted molar refractivity (Wildman–Crippen MR) is 70.7 cm³/mol. The van der Waals surface area contributed by atoms with Crippen molar-refractivity contribution in [3.05, 3.63) is 0 Å². The molecule has 3 atom stereocenters. The molecule has 0 aliphatic carbocycles. The molecule has 0 spiro atoms. The lowest BCUT2D eigenvalue weighted by atomic mass is 10.0. The Morgan fingerprint density at radius 3 is 2.73 bits per heavy atom. The number of nitrogens with one attached hydrogen (secondary N) is 1. The molecular formula is C11H20BrNOS. The van der Waals surface area contributed by atoms with Crippen molar-refractivity contribution in [3.63, 3.8) is 0 Å². The van der Waals surface area contributed by atoms with E-state index in [4.69, 9.17) is 0 Å². The molecule has 0 radical (unpaired) electrons. The van der Waals surface area contributed by atoms with Crippen LogP contribution in [0.5, 0.6) is 0 Å². The number of carbonyl (C=O) groups is 1. The fourth-order valence-corrected chi connectivity index (χ4v) is 3.66. The molecule has 1 heterocycles. The summed E-state index contributed by atoms with van der Waals surface area (Å²) in [5.74, 6) is 1.33. The average Bonchev–Trinajstić information content (AvgIpc) is 2.51. The van der Waals surface area contributed by atoms with Gasteiger partial charge in [0.15, 0.2) is 0 Å². The highest BCUT2D eigenvalue weighted by molar-refractivity contribution is 9.09. The molecule has 1 fully saturated rings. The minimum Gasteiger partial charge on any atom is -0.352 e. The van der Waals surface area contributed by atoms with Gasteiger partial charge in [-0.25, -0.2) is 0 Å². The Balaban J connectivity index is 2.40. The van der Waals surface area contributed by atoms with E-state index in [0.717, 1.165) is 25.0 Å². The number of hydrogen-bond donors (Lipinski definition) is 1. The lowest BCUT2D eigenvalue weighted by Gasteiger charge is -2.25. The van der Waals surface area contributed by atoms with Gasteiger partial charge in [-0.3, -0.25) is 4.79 Å². The number of amides is 1. The molecule has 88 valence electrons. The fourth-order valence-electron chi connectivity index (χ4n) is 1.88. The standard InChI is InChI=1S/C11H20BrNOS/c1-8(12)7-9(2)13-10(14)11(3)5-4-6-15-11/h8-9H,4-7H2,1-3H3,(H,13,14). The van der Waals surface area contributed by atoms with Gasteiger partial charge in [0.1, 0.15) is 0 Å². The van der Waals surface area contributed by atoms with Crippen LogP contribution in [0.25, 0.3) is 0 Å². The Kier molecular flexibility index (Phi) is 4.97. The van der Waals surface area contributed by atoms with E-state index in [1.807, 2.05) is 0 Å². The molecular weight excluding hydrogens is 274 g/mol. The zero-order chi connectivity index (χ0) is 11.5. The normalized spacial score (nSPS) is 29.9. The van der Waals surface area contributed by atoms with Crippen molar-refractivity contribution in [1.82, 2.24) is 5.32 Å². The third-order valence-corrected chi connectivity index (χ3v) is 4.65. The molecule has 0 saturated carbocycles. The first-order valence-corrected chi connectivity index (χ1v) is 7.43. The van der Waals surface area contributed by atoms with Gasteiger partial charge in [-0.05, 0) is 38.9 Å². The molecule has 1 aliphatic rings. The second-order valence-electron chi connectivity index (χ2n) is 4.57. The SMILES string of the molecule is CC(Br)CC(C)NC(=O)C1(C)CCCS1. The van der Waals surface area contributed by atoms with E-state index < -0.39 is 0 Å². The average molecular weight is 294 g/mol. The molecule has 1 N–H and O–H groups in total. The Bertz CT molecular complexity index is 227. The van der Waals surface area contributed by atoms with Gasteiger partial charge in [0.2, 0.25) is 5.91 Å². The number of alkyl halides is 1. The third-order valence-electron chi connectivity index (χ3n) is 2.75. The van der Waals surface area contributed by atoms with E-state index in [1.165, 1.54) is 0 Å². The quantitative estimate of drug-likeness (QED) is 0.808. The highest BCUT2D eigenvalue weighted by Gasteiger charge is 2.37. The Morgan fingerprint density at radius 1 is 1.60 bits per heavy atom. The van der Waals surface area contributed by atoms with Crippen LogP contribution in [-0.4, -0.2) is 27.3 Å². The summed E-state index contributed by atoms with van der Waals surface area (Å²) in [7, 11) is 0. The largest absolute Gasteiger partial charge is 0.352 e. The smallest absolute Gasteiger partial charge is 0.236 e. The maximum Gasteiger partial charge on any atom is 0.236 e. The zero-order valence-corrected chi connectivity index (χ0v) is 12.1. The molecule has 0 aromatic rings. The van der Waals surface area contributed by atoms with Crippen LogP contribution in [0.15, 0.2) is 0 Å². The summed E-state index contributed by atoms with van der Waals surface area (Å²) in [6.07, 6.45) is 3.16. The fraction of sp³-hybridized carbons (Fsp3) is 0.909. The van der Waals surface area contributed by atoms with E-state index in [0.29, 0.717) is 4.83 Å². The maximum absolute atomic E-state index is 12.0. The molecule has 0 bridgehead atoms. The molecule has 1 amide bonds. The van der Waals surface area contributed by atoms with Crippen LogP contribution in [-0.2, 0) is 4.79 Å². The van der Waals surface area contributed by atoms with Gasteiger partial charge in [0, 0.05) is 10.9 Å². The maximum atomic E-state index is 12.0. The number of thioether (sulfide) groups is 1. The molecule has 0 aromatic carbocycles. The second kappa shape index (κ2) is 5.58. The van der Waals surface area contributed by atoms with E-state index >= 15 is 0 Å². The van der Waals surface area contributed by atoms with Crippen LogP contribution < -0.4 is 5.32 Å². The summed E-state index contributed by atoms with van der Waals surface area (Å²) >= 11 is 5.30. The van der Waals surface area contributed by atoms with Gasteiger partial charge >= 0.3 is 0 Å². The van der Waals surface area contributed by atoms with Crippen molar-refractivity contribution in [2.24, 2.45) is 0 Å². The molecule has 0 aromatic heterocycles. The molecule has 1 saturated heterocycles. The van der Waals surface area contributed by atoms with Crippen molar-refractivity contribution >= 4 is 33.6 Å². The van der Waals surface area contributed by atoms with Gasteiger partial charge < -0.3 is 5.32 Å². The van der Waals surface area contributed by atoms with Crippen molar-refractivity contribution in [3.8, 4) is 0 Å². The lowest BCUT2D eigenvalue weighted by Crippen LogP contribution is -2.44. The van der Waals surface area contributed by atoms with Gasteiger partial charge in [0.25, 0.3) is 0 Å². The van der Waals surface area contributed by atoms with E-state index in [2.05, 4.69) is 42.0 Å². The highest BCUT2D eigenvalue weighted by atomic mass is 79.9. The van der Waals surface area contributed by atoms with Crippen molar-refractivity contribution in [2.45, 2.75) is 55.6 Å². The monoisotopic (exact) mass is 293 g/mol. The van der Waals surface area contributed by atoms with Crippen molar-refractivity contribution in [1.29, 1.82) is 0 Å². The highest BCUT2D eigenvalue weighted by Crippen LogP contribution is 2.37. The van der Waals surface area contributed by atoms with E-state index in [-0.39, 0.29) is 16.7 Å². The summed E-state index contributed by atoms with van der Waals surface area (Å²) < 4.78 is -0.177. The minimum atomic E-state index is -0.177. The Hall–Kier alpha value is 0.300. The van der Waals surface area contributed by atoms with Crippen LogP contribution in [0.1, 0.15) is 40.0 Å². The molecule has 2 nitrogen and oxygen atoms in total. The molecule has 1 aliphatic heterocycles. The topological polar surface area (TPSA) is 29.1 Å².